The van der Waals surface area contributed by atoms with E-state index in [1.54, 1.807) is 11.1 Å². The van der Waals surface area contributed by atoms with E-state index in [2.05, 4.69) is 50.5 Å². The van der Waals surface area contributed by atoms with Gasteiger partial charge in [0.15, 0.2) is 0 Å². The lowest BCUT2D eigenvalue weighted by atomic mass is 9.73. The SMILES string of the molecule is CNc1ncccc1CN1CCCC(Cc2ccccc2-c2ccncc2)(C(=O)N(C)C)C1. The van der Waals surface area contributed by atoms with E-state index in [-0.39, 0.29) is 5.91 Å². The first-order chi connectivity index (χ1) is 16.0. The Morgan fingerprint density at radius 3 is 2.58 bits per heavy atom. The molecule has 3 aromatic rings. The van der Waals surface area contributed by atoms with Gasteiger partial charge in [-0.2, -0.15) is 0 Å². The van der Waals surface area contributed by atoms with Crippen LogP contribution in [0, 0.1) is 5.41 Å². The van der Waals surface area contributed by atoms with Crippen LogP contribution in [0.15, 0.2) is 67.1 Å². The second-order valence-electron chi connectivity index (χ2n) is 9.13. The number of pyridine rings is 2. The maximum atomic E-state index is 13.7. The predicted molar refractivity (Wildman–Crippen MR) is 133 cm³/mol. The molecule has 1 atom stereocenters. The molecule has 33 heavy (non-hydrogen) atoms. The van der Waals surface area contributed by atoms with Gasteiger partial charge in [0.2, 0.25) is 5.91 Å². The van der Waals surface area contributed by atoms with Gasteiger partial charge in [0.1, 0.15) is 5.82 Å². The number of aromatic nitrogens is 2. The number of piperidine rings is 1. The van der Waals surface area contributed by atoms with Crippen LogP contribution in [-0.4, -0.2) is 59.9 Å². The van der Waals surface area contributed by atoms with E-state index >= 15 is 0 Å². The fraction of sp³-hybridized carbons (Fsp3) is 0.370. The number of benzene rings is 1. The second-order valence-corrected chi connectivity index (χ2v) is 9.13. The van der Waals surface area contributed by atoms with Crippen molar-refractivity contribution in [2.24, 2.45) is 5.41 Å². The van der Waals surface area contributed by atoms with Gasteiger partial charge in [0.25, 0.3) is 0 Å². The van der Waals surface area contributed by atoms with E-state index in [4.69, 9.17) is 0 Å². The van der Waals surface area contributed by atoms with E-state index in [1.165, 1.54) is 11.1 Å². The number of rotatable bonds is 7. The van der Waals surface area contributed by atoms with Crippen LogP contribution < -0.4 is 5.32 Å². The minimum absolute atomic E-state index is 0.205. The second kappa shape index (κ2) is 10.1. The third-order valence-corrected chi connectivity index (χ3v) is 6.58. The fourth-order valence-corrected chi connectivity index (χ4v) is 5.12. The molecule has 0 spiro atoms. The van der Waals surface area contributed by atoms with Crippen LogP contribution in [0.5, 0.6) is 0 Å². The molecular weight excluding hydrogens is 410 g/mol. The molecule has 0 bridgehead atoms. The van der Waals surface area contributed by atoms with Crippen LogP contribution in [0.4, 0.5) is 5.82 Å². The highest BCUT2D eigenvalue weighted by Crippen LogP contribution is 2.38. The Balaban J connectivity index is 1.66. The Morgan fingerprint density at radius 2 is 1.82 bits per heavy atom. The molecule has 6 nitrogen and oxygen atoms in total. The van der Waals surface area contributed by atoms with Gasteiger partial charge in [0.05, 0.1) is 5.41 Å². The zero-order valence-electron chi connectivity index (χ0n) is 19.8. The molecule has 4 rings (SSSR count). The Labute approximate surface area is 196 Å². The zero-order valence-corrected chi connectivity index (χ0v) is 19.8. The normalized spacial score (nSPS) is 18.6. The molecule has 0 radical (unpaired) electrons. The van der Waals surface area contributed by atoms with Crippen molar-refractivity contribution in [1.82, 2.24) is 19.8 Å². The quantitative estimate of drug-likeness (QED) is 0.596. The minimum atomic E-state index is -0.465. The van der Waals surface area contributed by atoms with Gasteiger partial charge in [-0.3, -0.25) is 14.7 Å². The molecular formula is C27H33N5O. The molecule has 1 aromatic carbocycles. The summed E-state index contributed by atoms with van der Waals surface area (Å²) in [6.45, 7) is 2.48. The van der Waals surface area contributed by atoms with Gasteiger partial charge in [-0.25, -0.2) is 4.98 Å². The summed E-state index contributed by atoms with van der Waals surface area (Å²) >= 11 is 0. The summed E-state index contributed by atoms with van der Waals surface area (Å²) in [5.74, 6) is 1.10. The number of carbonyl (C=O) groups is 1. The first-order valence-corrected chi connectivity index (χ1v) is 11.6. The standard InChI is InChI=1S/C27H33N5O/c1-28-25-23(9-6-14-30-25)19-32-17-7-13-27(20-32,26(33)31(2)3)18-22-8-4-5-10-24(22)21-11-15-29-16-12-21/h4-6,8-12,14-16H,7,13,17-20H2,1-3H3,(H,28,30). The third kappa shape index (κ3) is 5.06. The van der Waals surface area contributed by atoms with Crippen molar-refractivity contribution in [1.29, 1.82) is 0 Å². The molecule has 1 unspecified atom stereocenters. The monoisotopic (exact) mass is 443 g/mol. The highest BCUT2D eigenvalue weighted by Gasteiger charge is 2.43. The van der Waals surface area contributed by atoms with Gasteiger partial charge in [-0.05, 0) is 60.7 Å². The van der Waals surface area contributed by atoms with Crippen molar-refractivity contribution in [3.05, 3.63) is 78.2 Å². The molecule has 1 fully saturated rings. The number of hydrogen-bond acceptors (Lipinski definition) is 5. The number of anilines is 1. The smallest absolute Gasteiger partial charge is 0.229 e. The van der Waals surface area contributed by atoms with Crippen LogP contribution in [0.3, 0.4) is 0 Å². The molecule has 0 aliphatic carbocycles. The average Bonchev–Trinajstić information content (AvgIpc) is 2.85. The van der Waals surface area contributed by atoms with E-state index in [1.807, 2.05) is 51.7 Å². The average molecular weight is 444 g/mol. The van der Waals surface area contributed by atoms with Gasteiger partial charge < -0.3 is 10.2 Å². The molecule has 1 saturated heterocycles. The Morgan fingerprint density at radius 1 is 1.06 bits per heavy atom. The van der Waals surface area contributed by atoms with Crippen LogP contribution in [0.2, 0.25) is 0 Å². The van der Waals surface area contributed by atoms with Crippen molar-refractivity contribution >= 4 is 11.7 Å². The van der Waals surface area contributed by atoms with Crippen LogP contribution in [0.25, 0.3) is 11.1 Å². The maximum absolute atomic E-state index is 13.7. The highest BCUT2D eigenvalue weighted by molar-refractivity contribution is 5.83. The largest absolute Gasteiger partial charge is 0.373 e. The summed E-state index contributed by atoms with van der Waals surface area (Å²) in [5, 5.41) is 3.19. The topological polar surface area (TPSA) is 61.4 Å². The van der Waals surface area contributed by atoms with Crippen LogP contribution in [-0.2, 0) is 17.8 Å². The minimum Gasteiger partial charge on any atom is -0.373 e. The lowest BCUT2D eigenvalue weighted by molar-refractivity contribution is -0.143. The number of nitrogens with one attached hydrogen (secondary N) is 1. The van der Waals surface area contributed by atoms with Gasteiger partial charge in [-0.15, -0.1) is 0 Å². The van der Waals surface area contributed by atoms with Gasteiger partial charge in [0, 0.05) is 58.4 Å². The van der Waals surface area contributed by atoms with Crippen molar-refractivity contribution < 1.29 is 4.79 Å². The van der Waals surface area contributed by atoms with Gasteiger partial charge >= 0.3 is 0 Å². The van der Waals surface area contributed by atoms with E-state index in [9.17, 15) is 4.79 Å². The molecule has 172 valence electrons. The molecule has 3 heterocycles. The van der Waals surface area contributed by atoms with E-state index in [0.717, 1.165) is 49.4 Å². The maximum Gasteiger partial charge on any atom is 0.229 e. The Bertz CT molecular complexity index is 1080. The summed E-state index contributed by atoms with van der Waals surface area (Å²) in [4.78, 5) is 26.5. The lowest BCUT2D eigenvalue weighted by Crippen LogP contribution is -2.52. The first-order valence-electron chi connectivity index (χ1n) is 11.6. The summed E-state index contributed by atoms with van der Waals surface area (Å²) in [7, 11) is 5.65. The fourth-order valence-electron chi connectivity index (χ4n) is 5.12. The van der Waals surface area contributed by atoms with Crippen molar-refractivity contribution in [2.75, 3.05) is 39.5 Å². The molecule has 1 aliphatic heterocycles. The number of amides is 1. The molecule has 6 heteroatoms. The predicted octanol–water partition coefficient (Wildman–Crippen LogP) is 4.10. The third-order valence-electron chi connectivity index (χ3n) is 6.58. The molecule has 0 saturated carbocycles. The number of likely N-dealkylation sites (tertiary alicyclic amines) is 1. The number of nitrogens with zero attached hydrogens (tertiary/aromatic N) is 4. The molecule has 1 aliphatic rings. The van der Waals surface area contributed by atoms with Crippen LogP contribution >= 0.6 is 0 Å². The summed E-state index contributed by atoms with van der Waals surface area (Å²) in [5.41, 5.74) is 4.21. The highest BCUT2D eigenvalue weighted by atomic mass is 16.2. The number of hydrogen-bond donors (Lipinski definition) is 1. The molecule has 1 N–H and O–H groups in total. The van der Waals surface area contributed by atoms with Crippen molar-refractivity contribution in [2.45, 2.75) is 25.8 Å². The summed E-state index contributed by atoms with van der Waals surface area (Å²) in [6, 6.07) is 16.6. The zero-order chi connectivity index (χ0) is 23.3. The van der Waals surface area contributed by atoms with Crippen molar-refractivity contribution in [3.63, 3.8) is 0 Å². The summed E-state index contributed by atoms with van der Waals surface area (Å²) < 4.78 is 0. The Kier molecular flexibility index (Phi) is 7.04. The first kappa shape index (κ1) is 22.9. The molecule has 1 amide bonds. The Hall–Kier alpha value is -3.25. The number of carbonyl (C=O) groups excluding carboxylic acids is 1. The van der Waals surface area contributed by atoms with E-state index in [0.29, 0.717) is 6.42 Å². The lowest BCUT2D eigenvalue weighted by Gasteiger charge is -2.43. The van der Waals surface area contributed by atoms with Crippen molar-refractivity contribution in [3.8, 4) is 11.1 Å². The van der Waals surface area contributed by atoms with E-state index < -0.39 is 5.41 Å². The molecule has 2 aromatic heterocycles. The van der Waals surface area contributed by atoms with Crippen LogP contribution in [0.1, 0.15) is 24.0 Å². The van der Waals surface area contributed by atoms with Gasteiger partial charge in [-0.1, -0.05) is 30.3 Å². The summed E-state index contributed by atoms with van der Waals surface area (Å²) in [6.07, 6.45) is 8.04.